The molecule has 1 aliphatic heterocycles. The van der Waals surface area contributed by atoms with Crippen LogP contribution in [0.25, 0.3) is 0 Å². The number of hydrogen-bond donors (Lipinski definition) is 0. The minimum atomic E-state index is -0.304. The van der Waals surface area contributed by atoms with Crippen LogP contribution >= 0.6 is 50.5 Å². The van der Waals surface area contributed by atoms with Crippen molar-refractivity contribution in [2.75, 3.05) is 13.2 Å². The zero-order chi connectivity index (χ0) is 14.1. The third-order valence-corrected chi connectivity index (χ3v) is 5.36. The molecule has 1 atom stereocenters. The van der Waals surface area contributed by atoms with Crippen molar-refractivity contribution in [2.24, 2.45) is 0 Å². The maximum absolute atomic E-state index is 6.54. The molecular weight excluding hydrogens is 383 g/mol. The highest BCUT2D eigenvalue weighted by atomic mass is 79.9. The van der Waals surface area contributed by atoms with Gasteiger partial charge in [0.1, 0.15) is 0 Å². The zero-order valence-electron chi connectivity index (χ0n) is 10.4. The lowest BCUT2D eigenvalue weighted by molar-refractivity contribution is 0.297. The summed E-state index contributed by atoms with van der Waals surface area (Å²) in [7, 11) is 0. The molecule has 1 unspecified atom stereocenters. The summed E-state index contributed by atoms with van der Waals surface area (Å²) in [6.45, 7) is 1.29. The largest absolute Gasteiger partial charge is 0.490 e. The second-order valence-electron chi connectivity index (χ2n) is 4.42. The van der Waals surface area contributed by atoms with Gasteiger partial charge in [-0.2, -0.15) is 0 Å². The number of alkyl halides is 1. The van der Waals surface area contributed by atoms with Crippen LogP contribution in [0, 0.1) is 0 Å². The second kappa shape index (κ2) is 6.14. The molecule has 6 heteroatoms. The summed E-state index contributed by atoms with van der Waals surface area (Å²) in [6.07, 6.45) is 0.864. The summed E-state index contributed by atoms with van der Waals surface area (Å²) in [5.74, 6) is 1.40. The molecule has 1 aromatic heterocycles. The van der Waals surface area contributed by atoms with E-state index in [0.29, 0.717) is 29.7 Å². The van der Waals surface area contributed by atoms with E-state index in [2.05, 4.69) is 15.9 Å². The number of rotatable bonds is 2. The van der Waals surface area contributed by atoms with E-state index >= 15 is 0 Å². The van der Waals surface area contributed by atoms with Crippen LogP contribution in [-0.2, 0) is 0 Å². The van der Waals surface area contributed by atoms with Crippen molar-refractivity contribution in [3.63, 3.8) is 0 Å². The number of hydrogen-bond acceptors (Lipinski definition) is 3. The summed E-state index contributed by atoms with van der Waals surface area (Å²) in [5.41, 5.74) is 1.85. The molecule has 1 aromatic carbocycles. The fraction of sp³-hybridized carbons (Fsp3) is 0.286. The SMILES string of the molecule is Clc1cc2c(cc1C(Cl)c1csc(Br)c1)OCCCO2. The zero-order valence-corrected chi connectivity index (χ0v) is 14.3. The van der Waals surface area contributed by atoms with E-state index in [1.807, 2.05) is 17.5 Å². The average Bonchev–Trinajstić information content (AvgIpc) is 2.73. The third kappa shape index (κ3) is 2.93. The predicted octanol–water partition coefficient (Wildman–Crippen LogP) is 5.65. The molecule has 3 rings (SSSR count). The average molecular weight is 394 g/mol. The van der Waals surface area contributed by atoms with E-state index in [1.54, 1.807) is 17.4 Å². The lowest BCUT2D eigenvalue weighted by Crippen LogP contribution is -1.97. The Morgan fingerprint density at radius 1 is 1.15 bits per heavy atom. The van der Waals surface area contributed by atoms with Crippen LogP contribution in [0.5, 0.6) is 11.5 Å². The van der Waals surface area contributed by atoms with Crippen LogP contribution in [0.3, 0.4) is 0 Å². The number of ether oxygens (including phenoxy) is 2. The maximum Gasteiger partial charge on any atom is 0.162 e. The highest BCUT2D eigenvalue weighted by molar-refractivity contribution is 9.11. The van der Waals surface area contributed by atoms with Gasteiger partial charge in [-0.1, -0.05) is 11.6 Å². The number of halogens is 3. The first-order valence-corrected chi connectivity index (χ1v) is 8.61. The summed E-state index contributed by atoms with van der Waals surface area (Å²) >= 11 is 17.9. The summed E-state index contributed by atoms with van der Waals surface area (Å²) in [4.78, 5) is 0. The van der Waals surface area contributed by atoms with Crippen molar-refractivity contribution >= 4 is 50.5 Å². The first-order chi connectivity index (χ1) is 9.65. The van der Waals surface area contributed by atoms with Gasteiger partial charge < -0.3 is 9.47 Å². The number of thiophene rings is 1. The first kappa shape index (κ1) is 14.5. The van der Waals surface area contributed by atoms with Gasteiger partial charge in [0, 0.05) is 17.5 Å². The van der Waals surface area contributed by atoms with E-state index < -0.39 is 0 Å². The fourth-order valence-electron chi connectivity index (χ4n) is 2.03. The maximum atomic E-state index is 6.54. The van der Waals surface area contributed by atoms with E-state index in [0.717, 1.165) is 21.3 Å². The summed E-state index contributed by atoms with van der Waals surface area (Å²) < 4.78 is 12.3. The van der Waals surface area contributed by atoms with Crippen LogP contribution in [0.2, 0.25) is 5.02 Å². The molecule has 106 valence electrons. The predicted molar refractivity (Wildman–Crippen MR) is 86.8 cm³/mol. The molecule has 20 heavy (non-hydrogen) atoms. The standard InChI is InChI=1S/C14H11BrCl2O2S/c15-13-4-8(7-20-13)14(17)9-5-11-12(6-10(9)16)19-3-1-2-18-11/h4-7,14H,1-3H2. The Bertz CT molecular complexity index is 630. The Balaban J connectivity index is 1.99. The molecule has 2 heterocycles. The topological polar surface area (TPSA) is 18.5 Å². The van der Waals surface area contributed by atoms with Crippen molar-refractivity contribution in [1.29, 1.82) is 0 Å². The molecule has 0 radical (unpaired) electrons. The Labute approximate surface area is 139 Å². The van der Waals surface area contributed by atoms with Gasteiger partial charge in [-0.15, -0.1) is 22.9 Å². The van der Waals surface area contributed by atoms with Crippen molar-refractivity contribution < 1.29 is 9.47 Å². The Morgan fingerprint density at radius 2 is 1.85 bits per heavy atom. The molecule has 2 aromatic rings. The van der Waals surface area contributed by atoms with Crippen LogP contribution in [0.1, 0.15) is 22.9 Å². The third-order valence-electron chi connectivity index (χ3n) is 3.02. The van der Waals surface area contributed by atoms with Crippen molar-refractivity contribution in [2.45, 2.75) is 11.8 Å². The smallest absolute Gasteiger partial charge is 0.162 e. The van der Waals surface area contributed by atoms with Gasteiger partial charge in [-0.25, -0.2) is 0 Å². The van der Waals surface area contributed by atoms with E-state index in [1.165, 1.54) is 0 Å². The number of benzene rings is 1. The van der Waals surface area contributed by atoms with Crippen molar-refractivity contribution in [1.82, 2.24) is 0 Å². The molecule has 0 N–H and O–H groups in total. The molecule has 0 aliphatic carbocycles. The van der Waals surface area contributed by atoms with Crippen LogP contribution in [-0.4, -0.2) is 13.2 Å². The van der Waals surface area contributed by atoms with Gasteiger partial charge in [-0.05, 0) is 44.6 Å². The summed E-state index contributed by atoms with van der Waals surface area (Å²) in [6, 6.07) is 5.67. The van der Waals surface area contributed by atoms with E-state index in [-0.39, 0.29) is 5.38 Å². The molecule has 0 saturated heterocycles. The lowest BCUT2D eigenvalue weighted by atomic mass is 10.1. The lowest BCUT2D eigenvalue weighted by Gasteiger charge is -2.14. The Morgan fingerprint density at radius 3 is 2.50 bits per heavy atom. The fourth-order valence-corrected chi connectivity index (χ4v) is 3.93. The van der Waals surface area contributed by atoms with Crippen molar-refractivity contribution in [3.8, 4) is 11.5 Å². The van der Waals surface area contributed by atoms with Crippen LogP contribution in [0.15, 0.2) is 27.4 Å². The minimum absolute atomic E-state index is 0.304. The molecular formula is C14H11BrCl2O2S. The minimum Gasteiger partial charge on any atom is -0.490 e. The van der Waals surface area contributed by atoms with Gasteiger partial charge in [-0.3, -0.25) is 0 Å². The molecule has 0 saturated carbocycles. The van der Waals surface area contributed by atoms with Gasteiger partial charge in [0.15, 0.2) is 11.5 Å². The molecule has 0 fully saturated rings. The Hall–Kier alpha value is -0.420. The quantitative estimate of drug-likeness (QED) is 0.613. The molecule has 1 aliphatic rings. The normalized spacial score (nSPS) is 15.8. The van der Waals surface area contributed by atoms with Gasteiger partial charge >= 0.3 is 0 Å². The monoisotopic (exact) mass is 392 g/mol. The number of fused-ring (bicyclic) bond motifs is 1. The van der Waals surface area contributed by atoms with Gasteiger partial charge in [0.2, 0.25) is 0 Å². The highest BCUT2D eigenvalue weighted by Crippen LogP contribution is 2.42. The molecule has 2 nitrogen and oxygen atoms in total. The second-order valence-corrected chi connectivity index (χ2v) is 7.55. The first-order valence-electron chi connectivity index (χ1n) is 6.12. The van der Waals surface area contributed by atoms with E-state index in [4.69, 9.17) is 32.7 Å². The highest BCUT2D eigenvalue weighted by Gasteiger charge is 2.20. The van der Waals surface area contributed by atoms with Crippen molar-refractivity contribution in [3.05, 3.63) is 43.5 Å². The van der Waals surface area contributed by atoms with Crippen LogP contribution < -0.4 is 9.47 Å². The van der Waals surface area contributed by atoms with E-state index in [9.17, 15) is 0 Å². The molecule has 0 bridgehead atoms. The van der Waals surface area contributed by atoms with Gasteiger partial charge in [0.25, 0.3) is 0 Å². The molecule has 0 amide bonds. The Kier molecular flexibility index (Phi) is 4.46. The summed E-state index contributed by atoms with van der Waals surface area (Å²) in [5, 5.41) is 2.31. The van der Waals surface area contributed by atoms with Gasteiger partial charge in [0.05, 0.1) is 22.4 Å². The molecule has 0 spiro atoms. The van der Waals surface area contributed by atoms with Crippen LogP contribution in [0.4, 0.5) is 0 Å².